The van der Waals surface area contributed by atoms with Crippen molar-refractivity contribution >= 4 is 46.7 Å². The molecule has 5 amide bonds. The second-order valence-corrected chi connectivity index (χ2v) is 11.4. The second-order valence-electron chi connectivity index (χ2n) is 11.4. The van der Waals surface area contributed by atoms with Crippen molar-refractivity contribution in [2.75, 3.05) is 49.7 Å². The van der Waals surface area contributed by atoms with Gasteiger partial charge in [0.15, 0.2) is 5.82 Å². The van der Waals surface area contributed by atoms with Crippen LogP contribution in [-0.4, -0.2) is 86.9 Å². The molecule has 1 saturated carbocycles. The van der Waals surface area contributed by atoms with Gasteiger partial charge in [0.2, 0.25) is 17.6 Å². The zero-order valence-electron chi connectivity index (χ0n) is 27.2. The molecule has 0 aromatic carbocycles. The summed E-state index contributed by atoms with van der Waals surface area (Å²) in [5.41, 5.74) is 1.52. The van der Waals surface area contributed by atoms with Crippen LogP contribution in [-0.2, 0) is 30.7 Å². The van der Waals surface area contributed by atoms with Crippen molar-refractivity contribution in [2.45, 2.75) is 19.3 Å². The van der Waals surface area contributed by atoms with Gasteiger partial charge < -0.3 is 45.2 Å². The minimum Gasteiger partial charge on any atom is -0.356 e. The van der Waals surface area contributed by atoms with Gasteiger partial charge in [-0.25, -0.2) is 4.98 Å². The molecule has 4 rings (SSSR count). The van der Waals surface area contributed by atoms with Crippen LogP contribution < -0.4 is 26.6 Å². The van der Waals surface area contributed by atoms with Crippen molar-refractivity contribution in [3.05, 3.63) is 79.5 Å². The molecule has 15 heteroatoms. The van der Waals surface area contributed by atoms with Gasteiger partial charge in [-0.05, 0) is 71.3 Å². The van der Waals surface area contributed by atoms with Crippen LogP contribution in [0.5, 0.6) is 0 Å². The number of aromatic nitrogens is 4. The van der Waals surface area contributed by atoms with Crippen molar-refractivity contribution in [3.8, 4) is 0 Å². The Labute approximate surface area is 274 Å². The Balaban J connectivity index is 1.26. The predicted octanol–water partition coefficient (Wildman–Crippen LogP) is 1.52. The van der Waals surface area contributed by atoms with Crippen LogP contribution in [0.1, 0.15) is 50.9 Å². The number of amides is 5. The molecule has 15 nitrogen and oxygen atoms in total. The van der Waals surface area contributed by atoms with Gasteiger partial charge in [0.1, 0.15) is 11.4 Å². The number of hydrogen-bond donors (Lipinski definition) is 5. The number of anilines is 3. The fraction of sp³-hybridized carbons (Fsp3) is 0.344. The van der Waals surface area contributed by atoms with Crippen LogP contribution in [0.3, 0.4) is 0 Å². The van der Waals surface area contributed by atoms with E-state index in [1.807, 2.05) is 19.0 Å². The summed E-state index contributed by atoms with van der Waals surface area (Å²) in [6.07, 6.45) is 13.2. The summed E-state index contributed by atoms with van der Waals surface area (Å²) in [4.78, 5) is 69.4. The third-order valence-corrected chi connectivity index (χ3v) is 7.20. The summed E-state index contributed by atoms with van der Waals surface area (Å²) in [6.45, 7) is 1.74. The number of rotatable bonds is 15. The van der Waals surface area contributed by atoms with Gasteiger partial charge in [-0.1, -0.05) is 0 Å². The lowest BCUT2D eigenvalue weighted by atomic mass is 10.1. The van der Waals surface area contributed by atoms with E-state index < -0.39 is 11.8 Å². The van der Waals surface area contributed by atoms with Gasteiger partial charge in [-0.2, -0.15) is 0 Å². The first kappa shape index (κ1) is 34.9. The molecule has 0 spiro atoms. The maximum absolute atomic E-state index is 13.0. The SMILES string of the molecule is CN(C)CCCNC(=O)c1cc(NC(=O)c2nc(NC(=O)c3cc(NC(=O)CCCNC(=O)[C]4[CH][CH][CH][CH]4)cn3C)cn2C)cn1C. The van der Waals surface area contributed by atoms with Crippen LogP contribution in [0.25, 0.3) is 0 Å². The molecule has 1 aliphatic carbocycles. The largest absolute Gasteiger partial charge is 0.356 e. The Kier molecular flexibility index (Phi) is 11.9. The van der Waals surface area contributed by atoms with Crippen molar-refractivity contribution in [1.29, 1.82) is 0 Å². The van der Waals surface area contributed by atoms with E-state index in [2.05, 4.69) is 31.6 Å². The van der Waals surface area contributed by atoms with E-state index >= 15 is 0 Å². The van der Waals surface area contributed by atoms with E-state index in [4.69, 9.17) is 0 Å². The lowest BCUT2D eigenvalue weighted by Crippen LogP contribution is -2.29. The standard InChI is InChI=1S/C32H41N10O5/c1-39(2)15-9-14-34-30(45)24-17-23(19-40(24)3)36-32(47)28-37-26(20-42(28)5)38-31(46)25-16-22(18-41(25)4)35-27(43)12-8-13-33-29(44)21-10-6-7-11-21/h6-7,10-11,16-20H,8-9,12-15H2,1-5H3,(H,33,44)(H,34,45)(H,35,43)(H,36,47)(H,38,46). The summed E-state index contributed by atoms with van der Waals surface area (Å²) >= 11 is 0. The van der Waals surface area contributed by atoms with Gasteiger partial charge in [-0.3, -0.25) is 24.0 Å². The summed E-state index contributed by atoms with van der Waals surface area (Å²) in [6, 6.07) is 3.12. The highest BCUT2D eigenvalue weighted by Crippen LogP contribution is 2.23. The number of nitrogens with one attached hydrogen (secondary N) is 5. The highest BCUT2D eigenvalue weighted by molar-refractivity contribution is 6.06. The van der Waals surface area contributed by atoms with Gasteiger partial charge in [0, 0.05) is 59.2 Å². The van der Waals surface area contributed by atoms with Crippen LogP contribution in [0.15, 0.2) is 30.7 Å². The number of carbonyl (C=O) groups excluding carboxylic acids is 5. The first-order chi connectivity index (χ1) is 22.4. The third kappa shape index (κ3) is 9.78. The fourth-order valence-electron chi connectivity index (χ4n) is 4.81. The molecule has 0 unspecified atom stereocenters. The highest BCUT2D eigenvalue weighted by Gasteiger charge is 2.24. The summed E-state index contributed by atoms with van der Waals surface area (Å²) in [5, 5.41) is 13.8. The molecule has 5 radical (unpaired) electrons. The number of hydrogen-bond acceptors (Lipinski definition) is 7. The number of nitrogens with zero attached hydrogens (tertiary/aromatic N) is 5. The topological polar surface area (TPSA) is 176 Å². The second kappa shape index (κ2) is 16.1. The third-order valence-electron chi connectivity index (χ3n) is 7.20. The van der Waals surface area contributed by atoms with Crippen LogP contribution >= 0.6 is 0 Å². The highest BCUT2D eigenvalue weighted by atomic mass is 16.2. The Morgan fingerprint density at radius 2 is 1.30 bits per heavy atom. The molecular formula is C32H41N10O5. The average molecular weight is 646 g/mol. The number of imidazole rings is 1. The quantitative estimate of drug-likeness (QED) is 0.156. The molecule has 1 aliphatic rings. The van der Waals surface area contributed by atoms with Crippen molar-refractivity contribution in [2.24, 2.45) is 21.1 Å². The van der Waals surface area contributed by atoms with E-state index in [9.17, 15) is 24.0 Å². The zero-order valence-corrected chi connectivity index (χ0v) is 27.2. The molecule has 3 aromatic heterocycles. The fourth-order valence-corrected chi connectivity index (χ4v) is 4.81. The van der Waals surface area contributed by atoms with E-state index in [0.717, 1.165) is 13.0 Å². The maximum Gasteiger partial charge on any atom is 0.291 e. The molecule has 1 fully saturated rings. The summed E-state index contributed by atoms with van der Waals surface area (Å²) in [7, 11) is 8.94. The minimum absolute atomic E-state index is 0.0460. The van der Waals surface area contributed by atoms with Gasteiger partial charge in [-0.15, -0.1) is 0 Å². The summed E-state index contributed by atoms with van der Waals surface area (Å²) in [5.74, 6) is -0.918. The van der Waals surface area contributed by atoms with E-state index in [1.165, 1.54) is 16.8 Å². The molecule has 3 heterocycles. The van der Waals surface area contributed by atoms with Crippen LogP contribution in [0, 0.1) is 31.6 Å². The molecule has 0 atom stereocenters. The Morgan fingerprint density at radius 1 is 0.702 bits per heavy atom. The predicted molar refractivity (Wildman–Crippen MR) is 177 cm³/mol. The molecule has 249 valence electrons. The smallest absolute Gasteiger partial charge is 0.291 e. The lowest BCUT2D eigenvalue weighted by molar-refractivity contribution is -0.119. The van der Waals surface area contributed by atoms with Gasteiger partial charge in [0.05, 0.1) is 17.3 Å². The Morgan fingerprint density at radius 3 is 1.96 bits per heavy atom. The van der Waals surface area contributed by atoms with Crippen LogP contribution in [0.2, 0.25) is 0 Å². The first-order valence-corrected chi connectivity index (χ1v) is 15.1. The average Bonchev–Trinajstić information content (AvgIpc) is 3.81. The molecule has 5 N–H and O–H groups in total. The lowest BCUT2D eigenvalue weighted by Gasteiger charge is -2.10. The Bertz CT molecular complexity index is 1590. The molecule has 0 saturated heterocycles. The monoisotopic (exact) mass is 645 g/mol. The molecule has 47 heavy (non-hydrogen) atoms. The normalized spacial score (nSPS) is 13.1. The van der Waals surface area contributed by atoms with Crippen molar-refractivity contribution < 1.29 is 24.0 Å². The van der Waals surface area contributed by atoms with Crippen LogP contribution in [0.4, 0.5) is 17.2 Å². The van der Waals surface area contributed by atoms with Crippen molar-refractivity contribution in [3.63, 3.8) is 0 Å². The van der Waals surface area contributed by atoms with E-state index in [0.29, 0.717) is 42.5 Å². The van der Waals surface area contributed by atoms with Gasteiger partial charge in [0.25, 0.3) is 17.7 Å². The molecule has 0 aliphatic heterocycles. The maximum atomic E-state index is 13.0. The van der Waals surface area contributed by atoms with E-state index in [1.54, 1.807) is 74.4 Å². The number of aryl methyl sites for hydroxylation is 3. The van der Waals surface area contributed by atoms with Gasteiger partial charge >= 0.3 is 0 Å². The van der Waals surface area contributed by atoms with Crippen molar-refractivity contribution in [1.82, 2.24) is 34.2 Å². The number of carbonyl (C=O) groups is 5. The van der Waals surface area contributed by atoms with E-state index in [-0.39, 0.29) is 41.5 Å². The summed E-state index contributed by atoms with van der Waals surface area (Å²) < 4.78 is 4.67. The minimum atomic E-state index is -0.522. The molecule has 0 bridgehead atoms. The zero-order chi connectivity index (χ0) is 34.1. The first-order valence-electron chi connectivity index (χ1n) is 15.1. The Hall–Kier alpha value is -4.92. The molecular weight excluding hydrogens is 604 g/mol. The molecule has 3 aromatic rings.